The van der Waals surface area contributed by atoms with E-state index in [0.717, 1.165) is 5.56 Å². The van der Waals surface area contributed by atoms with Crippen LogP contribution in [0.5, 0.6) is 0 Å². The molecule has 0 N–H and O–H groups in total. The fraction of sp³-hybridized carbons (Fsp3) is 0.143. The van der Waals surface area contributed by atoms with Crippen molar-refractivity contribution in [2.24, 2.45) is 0 Å². The first kappa shape index (κ1) is 7.62. The summed E-state index contributed by atoms with van der Waals surface area (Å²) in [5, 5.41) is 0.275. The molecule has 0 bridgehead atoms. The van der Waals surface area contributed by atoms with Crippen LogP contribution >= 0.6 is 9.24 Å². The van der Waals surface area contributed by atoms with Gasteiger partial charge in [-0.05, 0) is 24.6 Å². The van der Waals surface area contributed by atoms with Crippen LogP contribution in [0.1, 0.15) is 5.56 Å². The van der Waals surface area contributed by atoms with E-state index in [1.165, 1.54) is 6.07 Å². The van der Waals surface area contributed by atoms with Crippen LogP contribution in [0.4, 0.5) is 8.78 Å². The summed E-state index contributed by atoms with van der Waals surface area (Å²) in [7, 11) is 2.14. The van der Waals surface area contributed by atoms with Crippen LogP contribution in [-0.2, 0) is 0 Å². The van der Waals surface area contributed by atoms with Crippen molar-refractivity contribution in [3.05, 3.63) is 29.3 Å². The van der Waals surface area contributed by atoms with Crippen molar-refractivity contribution in [1.82, 2.24) is 0 Å². The monoisotopic (exact) mass is 160 g/mol. The smallest absolute Gasteiger partial charge is 0.165 e. The molecule has 0 spiro atoms. The number of benzene rings is 1. The lowest BCUT2D eigenvalue weighted by atomic mass is 10.2. The van der Waals surface area contributed by atoms with Crippen molar-refractivity contribution in [2.75, 3.05) is 0 Å². The molecule has 3 heteroatoms. The number of rotatable bonds is 0. The first-order chi connectivity index (χ1) is 4.61. The number of halogens is 2. The van der Waals surface area contributed by atoms with Gasteiger partial charge in [0.1, 0.15) is 0 Å². The molecule has 0 amide bonds. The lowest BCUT2D eigenvalue weighted by molar-refractivity contribution is 0.513. The minimum atomic E-state index is -0.787. The summed E-state index contributed by atoms with van der Waals surface area (Å²) >= 11 is 0. The lowest BCUT2D eigenvalue weighted by Gasteiger charge is -1.98. The average Bonchev–Trinajstić information content (AvgIpc) is 1.82. The van der Waals surface area contributed by atoms with Gasteiger partial charge in [-0.2, -0.15) is 0 Å². The Morgan fingerprint density at radius 1 is 1.30 bits per heavy atom. The van der Waals surface area contributed by atoms with Gasteiger partial charge in [0.15, 0.2) is 11.6 Å². The van der Waals surface area contributed by atoms with Crippen LogP contribution in [0.2, 0.25) is 0 Å². The highest BCUT2D eigenvalue weighted by atomic mass is 31.0. The molecule has 0 aromatic heterocycles. The minimum absolute atomic E-state index is 0.275. The maximum absolute atomic E-state index is 12.5. The van der Waals surface area contributed by atoms with Crippen LogP contribution < -0.4 is 5.30 Å². The highest BCUT2D eigenvalue weighted by Crippen LogP contribution is 2.07. The Balaban J connectivity index is 3.31. The largest absolute Gasteiger partial charge is 0.204 e. The standard InChI is InChI=1S/C7H7F2P/c1-4-2-5(8)7(9)6(10)3-4/h2-3H,10H2,1H3. The van der Waals surface area contributed by atoms with Gasteiger partial charge in [-0.1, -0.05) is 0 Å². The first-order valence-corrected chi connectivity index (χ1v) is 3.40. The summed E-state index contributed by atoms with van der Waals surface area (Å²) in [6.07, 6.45) is 0. The molecule has 0 saturated carbocycles. The molecular formula is C7H7F2P. The van der Waals surface area contributed by atoms with Gasteiger partial charge in [0.2, 0.25) is 0 Å². The highest BCUT2D eigenvalue weighted by Gasteiger charge is 2.04. The minimum Gasteiger partial charge on any atom is -0.204 e. The molecule has 0 aliphatic heterocycles. The quantitative estimate of drug-likeness (QED) is 0.507. The van der Waals surface area contributed by atoms with Crippen LogP contribution in [0.3, 0.4) is 0 Å². The third-order valence-corrected chi connectivity index (χ3v) is 1.62. The number of hydrogen-bond acceptors (Lipinski definition) is 0. The molecule has 54 valence electrons. The zero-order chi connectivity index (χ0) is 7.72. The molecule has 0 fully saturated rings. The Morgan fingerprint density at radius 2 is 1.90 bits per heavy atom. The number of hydrogen-bond donors (Lipinski definition) is 0. The Morgan fingerprint density at radius 3 is 2.40 bits per heavy atom. The molecule has 1 aromatic carbocycles. The number of aryl methyl sites for hydroxylation is 1. The molecule has 1 unspecified atom stereocenters. The first-order valence-electron chi connectivity index (χ1n) is 2.82. The molecule has 0 heterocycles. The molecule has 1 aromatic rings. The second-order valence-corrected chi connectivity index (χ2v) is 2.77. The third-order valence-electron chi connectivity index (χ3n) is 1.20. The predicted molar refractivity (Wildman–Crippen MR) is 40.4 cm³/mol. The molecule has 0 radical (unpaired) electrons. The van der Waals surface area contributed by atoms with Gasteiger partial charge in [0, 0.05) is 5.30 Å². The third kappa shape index (κ3) is 1.32. The van der Waals surface area contributed by atoms with Crippen LogP contribution in [0, 0.1) is 18.6 Å². The van der Waals surface area contributed by atoms with E-state index in [4.69, 9.17) is 0 Å². The molecule has 10 heavy (non-hydrogen) atoms. The zero-order valence-corrected chi connectivity index (χ0v) is 6.64. The normalized spacial score (nSPS) is 10.0. The molecular weight excluding hydrogens is 153 g/mol. The fourth-order valence-corrected chi connectivity index (χ4v) is 1.15. The maximum Gasteiger partial charge on any atom is 0.165 e. The Hall–Kier alpha value is -0.490. The van der Waals surface area contributed by atoms with Gasteiger partial charge in [-0.3, -0.25) is 0 Å². The van der Waals surface area contributed by atoms with Gasteiger partial charge in [-0.25, -0.2) is 8.78 Å². The van der Waals surface area contributed by atoms with Crippen molar-refractivity contribution >= 4 is 14.5 Å². The van der Waals surface area contributed by atoms with E-state index >= 15 is 0 Å². The second kappa shape index (κ2) is 2.63. The van der Waals surface area contributed by atoms with Gasteiger partial charge >= 0.3 is 0 Å². The van der Waals surface area contributed by atoms with Crippen molar-refractivity contribution < 1.29 is 8.78 Å². The lowest BCUT2D eigenvalue weighted by Crippen LogP contribution is -2.02. The maximum atomic E-state index is 12.5. The Labute approximate surface area is 60.5 Å². The fourth-order valence-electron chi connectivity index (χ4n) is 0.751. The van der Waals surface area contributed by atoms with Gasteiger partial charge in [0.25, 0.3) is 0 Å². The molecule has 0 aliphatic rings. The topological polar surface area (TPSA) is 0 Å². The average molecular weight is 160 g/mol. The van der Waals surface area contributed by atoms with Gasteiger partial charge < -0.3 is 0 Å². The molecule has 1 atom stereocenters. The van der Waals surface area contributed by atoms with Crippen molar-refractivity contribution in [3.8, 4) is 0 Å². The summed E-state index contributed by atoms with van der Waals surface area (Å²) < 4.78 is 25.0. The highest BCUT2D eigenvalue weighted by molar-refractivity contribution is 7.27. The summed E-state index contributed by atoms with van der Waals surface area (Å²) in [6.45, 7) is 1.72. The SMILES string of the molecule is Cc1cc(F)c(F)c(P)c1. The predicted octanol–water partition coefficient (Wildman–Crippen LogP) is 1.77. The summed E-state index contributed by atoms with van der Waals surface area (Å²) in [6, 6.07) is 2.74. The summed E-state index contributed by atoms with van der Waals surface area (Å²) in [5.74, 6) is -1.57. The van der Waals surface area contributed by atoms with Gasteiger partial charge in [0.05, 0.1) is 0 Å². The van der Waals surface area contributed by atoms with Gasteiger partial charge in [-0.15, -0.1) is 9.24 Å². The van der Waals surface area contributed by atoms with E-state index in [0.29, 0.717) is 0 Å². The molecule has 1 rings (SSSR count). The summed E-state index contributed by atoms with van der Waals surface area (Å²) in [4.78, 5) is 0. The molecule has 0 saturated heterocycles. The van der Waals surface area contributed by atoms with E-state index < -0.39 is 11.6 Å². The van der Waals surface area contributed by atoms with E-state index in [-0.39, 0.29) is 5.30 Å². The zero-order valence-electron chi connectivity index (χ0n) is 5.49. The van der Waals surface area contributed by atoms with Crippen LogP contribution in [0.25, 0.3) is 0 Å². The van der Waals surface area contributed by atoms with Crippen molar-refractivity contribution in [2.45, 2.75) is 6.92 Å². The van der Waals surface area contributed by atoms with E-state index in [2.05, 4.69) is 9.24 Å². The summed E-state index contributed by atoms with van der Waals surface area (Å²) in [5.41, 5.74) is 0.726. The van der Waals surface area contributed by atoms with E-state index in [1.807, 2.05) is 0 Å². The van der Waals surface area contributed by atoms with Crippen LogP contribution in [-0.4, -0.2) is 0 Å². The van der Waals surface area contributed by atoms with Crippen molar-refractivity contribution in [1.29, 1.82) is 0 Å². The van der Waals surface area contributed by atoms with E-state index in [9.17, 15) is 8.78 Å². The Kier molecular flexibility index (Phi) is 2.00. The van der Waals surface area contributed by atoms with Crippen molar-refractivity contribution in [3.63, 3.8) is 0 Å². The van der Waals surface area contributed by atoms with Crippen LogP contribution in [0.15, 0.2) is 12.1 Å². The second-order valence-electron chi connectivity index (χ2n) is 2.15. The molecule has 0 aliphatic carbocycles. The Bertz CT molecular complexity index is 235. The molecule has 0 nitrogen and oxygen atoms in total. The van der Waals surface area contributed by atoms with E-state index in [1.54, 1.807) is 13.0 Å².